The molecule has 0 bridgehead atoms. The third-order valence-electron chi connectivity index (χ3n) is 4.08. The van der Waals surface area contributed by atoms with Crippen LogP contribution in [0.5, 0.6) is 0 Å². The summed E-state index contributed by atoms with van der Waals surface area (Å²) in [4.78, 5) is 28.2. The summed E-state index contributed by atoms with van der Waals surface area (Å²) in [5, 5.41) is 2.75. The number of likely N-dealkylation sites (N-methyl/N-ethyl adjacent to an activating group) is 2. The zero-order valence-electron chi connectivity index (χ0n) is 13.6. The number of nitrogens with one attached hydrogen (secondary N) is 1. The lowest BCUT2D eigenvalue weighted by Crippen LogP contribution is -2.40. The number of thiophene rings is 1. The van der Waals surface area contributed by atoms with Crippen LogP contribution in [0.15, 0.2) is 6.07 Å². The number of hydrogen-bond donors (Lipinski definition) is 1. The van der Waals surface area contributed by atoms with Crippen molar-refractivity contribution >= 4 is 23.2 Å². The smallest absolute Gasteiger partial charge is 0.264 e. The molecule has 0 radical (unpaired) electrons. The van der Waals surface area contributed by atoms with Crippen LogP contribution < -0.4 is 5.32 Å². The summed E-state index contributed by atoms with van der Waals surface area (Å²) in [6.45, 7) is 5.10. The van der Waals surface area contributed by atoms with Gasteiger partial charge in [-0.1, -0.05) is 12.8 Å². The lowest BCUT2D eigenvalue weighted by molar-refractivity contribution is -0.121. The molecule has 4 nitrogen and oxygen atoms in total. The Bertz CT molecular complexity index is 499. The van der Waals surface area contributed by atoms with Gasteiger partial charge in [-0.05, 0) is 51.2 Å². The fourth-order valence-electron chi connectivity index (χ4n) is 2.86. The molecule has 0 fully saturated rings. The van der Waals surface area contributed by atoms with Crippen LogP contribution in [0.3, 0.4) is 0 Å². The topological polar surface area (TPSA) is 49.4 Å². The highest BCUT2D eigenvalue weighted by Crippen LogP contribution is 2.29. The second kappa shape index (κ2) is 8.32. The van der Waals surface area contributed by atoms with E-state index >= 15 is 0 Å². The average Bonchev–Trinajstić information content (AvgIpc) is 2.86. The van der Waals surface area contributed by atoms with Gasteiger partial charge in [0, 0.05) is 18.0 Å². The van der Waals surface area contributed by atoms with Gasteiger partial charge in [-0.15, -0.1) is 11.3 Å². The maximum Gasteiger partial charge on any atom is 0.264 e. The molecule has 0 aromatic carbocycles. The first kappa shape index (κ1) is 17.0. The Balaban J connectivity index is 2.10. The first-order valence-corrected chi connectivity index (χ1v) is 9.14. The van der Waals surface area contributed by atoms with Gasteiger partial charge in [-0.3, -0.25) is 9.59 Å². The fourth-order valence-corrected chi connectivity index (χ4v) is 4.08. The minimum absolute atomic E-state index is 0.00880. The van der Waals surface area contributed by atoms with Crippen molar-refractivity contribution in [2.75, 3.05) is 19.6 Å². The van der Waals surface area contributed by atoms with Gasteiger partial charge in [0.25, 0.3) is 5.91 Å². The number of aryl methyl sites for hydroxylation is 2. The quantitative estimate of drug-likeness (QED) is 0.906. The molecule has 1 heterocycles. The maximum absolute atomic E-state index is 12.7. The van der Waals surface area contributed by atoms with E-state index in [4.69, 9.17) is 0 Å². The van der Waals surface area contributed by atoms with Crippen molar-refractivity contribution in [3.05, 3.63) is 21.4 Å². The highest BCUT2D eigenvalue weighted by Gasteiger charge is 2.21. The molecule has 2 amide bonds. The molecular weight excluding hydrogens is 296 g/mol. The van der Waals surface area contributed by atoms with Gasteiger partial charge in [-0.2, -0.15) is 0 Å². The van der Waals surface area contributed by atoms with Crippen molar-refractivity contribution in [1.82, 2.24) is 10.2 Å². The Labute approximate surface area is 136 Å². The van der Waals surface area contributed by atoms with Gasteiger partial charge in [-0.25, -0.2) is 0 Å². The van der Waals surface area contributed by atoms with Gasteiger partial charge in [0.15, 0.2) is 0 Å². The van der Waals surface area contributed by atoms with E-state index in [0.717, 1.165) is 17.7 Å². The van der Waals surface area contributed by atoms with E-state index < -0.39 is 0 Å². The molecule has 0 aliphatic heterocycles. The molecule has 0 saturated carbocycles. The summed E-state index contributed by atoms with van der Waals surface area (Å²) in [5.41, 5.74) is 1.35. The zero-order chi connectivity index (χ0) is 15.9. The van der Waals surface area contributed by atoms with Gasteiger partial charge in [0.1, 0.15) is 0 Å². The molecule has 0 atom stereocenters. The van der Waals surface area contributed by atoms with Gasteiger partial charge in [0.05, 0.1) is 11.4 Å². The van der Waals surface area contributed by atoms with Gasteiger partial charge in [0.2, 0.25) is 5.91 Å². The van der Waals surface area contributed by atoms with E-state index in [2.05, 4.69) is 11.4 Å². The van der Waals surface area contributed by atoms with Crippen molar-refractivity contribution in [3.8, 4) is 0 Å². The lowest BCUT2D eigenvalue weighted by atomic mass is 10.00. The molecule has 1 aromatic heterocycles. The van der Waals surface area contributed by atoms with Crippen LogP contribution in [0.25, 0.3) is 0 Å². The van der Waals surface area contributed by atoms with E-state index in [1.54, 1.807) is 16.2 Å². The van der Waals surface area contributed by atoms with Crippen LogP contribution in [-0.4, -0.2) is 36.3 Å². The minimum Gasteiger partial charge on any atom is -0.355 e. The number of rotatable bonds is 5. The van der Waals surface area contributed by atoms with Crippen molar-refractivity contribution < 1.29 is 9.59 Å². The normalized spacial score (nSPS) is 14.6. The van der Waals surface area contributed by atoms with Crippen LogP contribution in [-0.2, 0) is 17.6 Å². The molecule has 0 spiro atoms. The van der Waals surface area contributed by atoms with Gasteiger partial charge < -0.3 is 10.2 Å². The van der Waals surface area contributed by atoms with E-state index in [9.17, 15) is 9.59 Å². The number of carbonyl (C=O) groups is 2. The summed E-state index contributed by atoms with van der Waals surface area (Å²) in [5.74, 6) is -0.0990. The molecular formula is C17H26N2O2S. The number of hydrogen-bond acceptors (Lipinski definition) is 3. The minimum atomic E-state index is -0.0902. The molecule has 1 aromatic rings. The van der Waals surface area contributed by atoms with Crippen LogP contribution in [0.4, 0.5) is 0 Å². The molecule has 0 unspecified atom stereocenters. The number of fused-ring (bicyclic) bond motifs is 1. The molecule has 22 heavy (non-hydrogen) atoms. The Morgan fingerprint density at radius 1 is 1.18 bits per heavy atom. The summed E-state index contributed by atoms with van der Waals surface area (Å²) >= 11 is 1.63. The molecule has 122 valence electrons. The van der Waals surface area contributed by atoms with E-state index in [1.807, 2.05) is 13.8 Å². The van der Waals surface area contributed by atoms with Crippen LogP contribution in [0, 0.1) is 0 Å². The Morgan fingerprint density at radius 3 is 2.59 bits per heavy atom. The Morgan fingerprint density at radius 2 is 1.91 bits per heavy atom. The SMILES string of the molecule is CCNC(=O)CN(CC)C(=O)c1cc2c(s1)CCCCCC2. The molecule has 5 heteroatoms. The summed E-state index contributed by atoms with van der Waals surface area (Å²) in [6, 6.07) is 2.06. The third-order valence-corrected chi connectivity index (χ3v) is 5.31. The zero-order valence-corrected chi connectivity index (χ0v) is 14.4. The first-order chi connectivity index (χ1) is 10.7. The second-order valence-electron chi connectivity index (χ2n) is 5.75. The molecule has 1 N–H and O–H groups in total. The average molecular weight is 322 g/mol. The molecule has 0 saturated heterocycles. The molecule has 2 rings (SSSR count). The second-order valence-corrected chi connectivity index (χ2v) is 6.88. The molecule has 1 aliphatic rings. The first-order valence-electron chi connectivity index (χ1n) is 8.33. The van der Waals surface area contributed by atoms with Crippen molar-refractivity contribution in [1.29, 1.82) is 0 Å². The summed E-state index contributed by atoms with van der Waals surface area (Å²) in [6.07, 6.45) is 7.19. The highest BCUT2D eigenvalue weighted by molar-refractivity contribution is 7.14. The number of amides is 2. The summed E-state index contributed by atoms with van der Waals surface area (Å²) in [7, 11) is 0. The fraction of sp³-hybridized carbons (Fsp3) is 0.647. The van der Waals surface area contributed by atoms with E-state index in [1.165, 1.54) is 36.1 Å². The highest BCUT2D eigenvalue weighted by atomic mass is 32.1. The van der Waals surface area contributed by atoms with Crippen molar-refractivity contribution in [2.45, 2.75) is 52.4 Å². The van der Waals surface area contributed by atoms with Crippen LogP contribution in [0.1, 0.15) is 59.6 Å². The number of carbonyl (C=O) groups excluding carboxylic acids is 2. The Hall–Kier alpha value is -1.36. The van der Waals surface area contributed by atoms with Crippen LogP contribution in [0.2, 0.25) is 0 Å². The predicted molar refractivity (Wildman–Crippen MR) is 90.5 cm³/mol. The van der Waals surface area contributed by atoms with Crippen LogP contribution >= 0.6 is 11.3 Å². The molecule has 1 aliphatic carbocycles. The lowest BCUT2D eigenvalue weighted by Gasteiger charge is -2.19. The summed E-state index contributed by atoms with van der Waals surface area (Å²) < 4.78 is 0. The standard InChI is InChI=1S/C17H26N2O2S/c1-3-18-16(20)12-19(4-2)17(21)15-11-13-9-7-5-6-8-10-14(13)22-15/h11H,3-10,12H2,1-2H3,(H,18,20). The van der Waals surface area contributed by atoms with E-state index in [-0.39, 0.29) is 18.4 Å². The van der Waals surface area contributed by atoms with Crippen molar-refractivity contribution in [2.24, 2.45) is 0 Å². The van der Waals surface area contributed by atoms with Gasteiger partial charge >= 0.3 is 0 Å². The number of nitrogens with zero attached hydrogens (tertiary/aromatic N) is 1. The third kappa shape index (κ3) is 4.32. The van der Waals surface area contributed by atoms with Crippen molar-refractivity contribution in [3.63, 3.8) is 0 Å². The largest absolute Gasteiger partial charge is 0.355 e. The van der Waals surface area contributed by atoms with E-state index in [0.29, 0.717) is 13.1 Å². The monoisotopic (exact) mass is 322 g/mol. The maximum atomic E-state index is 12.7. The Kier molecular flexibility index (Phi) is 6.43. The predicted octanol–water partition coefficient (Wildman–Crippen LogP) is 3.01.